The lowest BCUT2D eigenvalue weighted by atomic mass is 9.92. The third-order valence-electron chi connectivity index (χ3n) is 5.85. The maximum atomic E-state index is 12.3. The number of guanidine groups is 1. The number of hydrogen-bond acceptors (Lipinski definition) is 6. The highest BCUT2D eigenvalue weighted by Gasteiger charge is 2.51. The van der Waals surface area contributed by atoms with Crippen LogP contribution in [0.3, 0.4) is 0 Å². The molecule has 0 spiro atoms. The standard InChI is InChI=1S/C18H28N6O2/c1-11-7-12(2)9-22(8-11)5-6-23-13(3)10-24-14-15(19-17(23)24)21(4)18(26)20-16(14)25/h10-12,14-15H,5-9H2,1-4H3,(H,20,25,26). The Kier molecular flexibility index (Phi) is 4.17. The van der Waals surface area contributed by atoms with Crippen molar-refractivity contribution in [3.8, 4) is 0 Å². The average Bonchev–Trinajstić information content (AvgIpc) is 3.05. The Bertz CT molecular complexity index is 679. The molecule has 0 bridgehead atoms. The van der Waals surface area contributed by atoms with Crippen LogP contribution in [-0.2, 0) is 4.79 Å². The van der Waals surface area contributed by atoms with Crippen LogP contribution in [0.15, 0.2) is 16.9 Å². The summed E-state index contributed by atoms with van der Waals surface area (Å²) in [5, 5.41) is 2.41. The largest absolute Gasteiger partial charge is 0.325 e. The van der Waals surface area contributed by atoms with Crippen LogP contribution in [-0.4, -0.2) is 82.9 Å². The van der Waals surface area contributed by atoms with Crippen LogP contribution in [0.2, 0.25) is 0 Å². The van der Waals surface area contributed by atoms with Gasteiger partial charge in [-0.05, 0) is 25.2 Å². The van der Waals surface area contributed by atoms with Crippen molar-refractivity contribution in [3.63, 3.8) is 0 Å². The summed E-state index contributed by atoms with van der Waals surface area (Å²) in [5.41, 5.74) is 1.09. The van der Waals surface area contributed by atoms with E-state index in [-0.39, 0.29) is 11.9 Å². The molecule has 4 rings (SSSR count). The number of piperidine rings is 1. The highest BCUT2D eigenvalue weighted by atomic mass is 16.2. The zero-order valence-corrected chi connectivity index (χ0v) is 16.0. The van der Waals surface area contributed by atoms with Crippen LogP contribution < -0.4 is 5.32 Å². The van der Waals surface area contributed by atoms with E-state index in [9.17, 15) is 9.59 Å². The Balaban J connectivity index is 1.48. The fourth-order valence-corrected chi connectivity index (χ4v) is 4.74. The number of carbonyl (C=O) groups is 2. The fourth-order valence-electron chi connectivity index (χ4n) is 4.74. The van der Waals surface area contributed by atoms with E-state index in [4.69, 9.17) is 4.99 Å². The Morgan fingerprint density at radius 1 is 1.19 bits per heavy atom. The number of rotatable bonds is 3. The van der Waals surface area contributed by atoms with Gasteiger partial charge in [0, 0.05) is 45.1 Å². The Morgan fingerprint density at radius 3 is 2.58 bits per heavy atom. The van der Waals surface area contributed by atoms with Crippen LogP contribution in [0.4, 0.5) is 4.79 Å². The van der Waals surface area contributed by atoms with Gasteiger partial charge in [-0.2, -0.15) is 0 Å². The summed E-state index contributed by atoms with van der Waals surface area (Å²) in [7, 11) is 1.68. The molecule has 0 saturated carbocycles. The number of urea groups is 1. The predicted molar refractivity (Wildman–Crippen MR) is 98.0 cm³/mol. The van der Waals surface area contributed by atoms with Gasteiger partial charge in [-0.1, -0.05) is 13.8 Å². The van der Waals surface area contributed by atoms with Crippen LogP contribution >= 0.6 is 0 Å². The van der Waals surface area contributed by atoms with E-state index in [1.165, 1.54) is 11.3 Å². The number of aliphatic imine (C=N–C) groups is 1. The molecule has 0 aliphatic carbocycles. The number of likely N-dealkylation sites (N-methyl/N-ethyl adjacent to an activating group) is 1. The molecule has 26 heavy (non-hydrogen) atoms. The quantitative estimate of drug-likeness (QED) is 0.802. The SMILES string of the molecule is CC1=CN2C(=NC3C2C(=O)NC(=O)N3C)N1CCN1CC(C)CC(C)C1. The number of hydrogen-bond donors (Lipinski definition) is 1. The van der Waals surface area contributed by atoms with Crippen molar-refractivity contribution in [2.45, 2.75) is 39.4 Å². The number of imide groups is 1. The number of nitrogens with zero attached hydrogens (tertiary/aromatic N) is 5. The average molecular weight is 360 g/mol. The van der Waals surface area contributed by atoms with E-state index in [1.54, 1.807) is 7.05 Å². The zero-order chi connectivity index (χ0) is 18.6. The van der Waals surface area contributed by atoms with Gasteiger partial charge in [0.15, 0.2) is 12.2 Å². The Morgan fingerprint density at radius 2 is 1.88 bits per heavy atom. The second-order valence-corrected chi connectivity index (χ2v) is 8.23. The van der Waals surface area contributed by atoms with Crippen molar-refractivity contribution in [2.75, 3.05) is 33.2 Å². The summed E-state index contributed by atoms with van der Waals surface area (Å²) in [5.74, 6) is 1.98. The molecule has 0 aromatic carbocycles. The van der Waals surface area contributed by atoms with E-state index in [2.05, 4.69) is 29.0 Å². The van der Waals surface area contributed by atoms with Gasteiger partial charge in [0.1, 0.15) is 0 Å². The molecule has 0 aromatic rings. The molecule has 0 radical (unpaired) electrons. The summed E-state index contributed by atoms with van der Waals surface area (Å²) >= 11 is 0. The molecule has 4 aliphatic heterocycles. The summed E-state index contributed by atoms with van der Waals surface area (Å²) in [6, 6.07) is -0.854. The molecule has 4 unspecified atom stereocenters. The molecule has 3 amide bonds. The van der Waals surface area contributed by atoms with Crippen molar-refractivity contribution in [2.24, 2.45) is 16.8 Å². The lowest BCUT2D eigenvalue weighted by Crippen LogP contribution is -2.62. The van der Waals surface area contributed by atoms with Gasteiger partial charge in [0.2, 0.25) is 5.96 Å². The van der Waals surface area contributed by atoms with Gasteiger partial charge < -0.3 is 19.6 Å². The first-order valence-corrected chi connectivity index (χ1v) is 9.47. The van der Waals surface area contributed by atoms with Gasteiger partial charge in [-0.25, -0.2) is 9.79 Å². The van der Waals surface area contributed by atoms with Crippen LogP contribution in [0.25, 0.3) is 0 Å². The molecule has 4 atom stereocenters. The smallest absolute Gasteiger partial charge is 0.313 e. The van der Waals surface area contributed by atoms with E-state index in [0.717, 1.165) is 49.7 Å². The molecular weight excluding hydrogens is 332 g/mol. The number of nitrogens with one attached hydrogen (secondary N) is 1. The van der Waals surface area contributed by atoms with Gasteiger partial charge in [0.25, 0.3) is 5.91 Å². The molecule has 2 saturated heterocycles. The van der Waals surface area contributed by atoms with E-state index >= 15 is 0 Å². The van der Waals surface area contributed by atoms with E-state index in [0.29, 0.717) is 0 Å². The third kappa shape index (κ3) is 2.76. The van der Waals surface area contributed by atoms with Gasteiger partial charge in [-0.3, -0.25) is 10.1 Å². The minimum absolute atomic E-state index is 0.276. The fraction of sp³-hybridized carbons (Fsp3) is 0.722. The second kappa shape index (κ2) is 6.26. The van der Waals surface area contributed by atoms with Crippen molar-refractivity contribution in [1.29, 1.82) is 0 Å². The molecule has 2 fully saturated rings. The van der Waals surface area contributed by atoms with Crippen molar-refractivity contribution < 1.29 is 9.59 Å². The van der Waals surface area contributed by atoms with E-state index in [1.807, 2.05) is 18.0 Å². The first-order chi connectivity index (χ1) is 12.3. The minimum Gasteiger partial charge on any atom is -0.313 e. The Labute approximate surface area is 154 Å². The van der Waals surface area contributed by atoms with Crippen LogP contribution in [0, 0.1) is 11.8 Å². The molecule has 1 N–H and O–H groups in total. The monoisotopic (exact) mass is 360 g/mol. The first-order valence-electron chi connectivity index (χ1n) is 9.47. The number of fused-ring (bicyclic) bond motifs is 3. The molecular formula is C18H28N6O2. The van der Waals surface area contributed by atoms with Crippen LogP contribution in [0.1, 0.15) is 27.2 Å². The summed E-state index contributed by atoms with van der Waals surface area (Å²) < 4.78 is 0. The van der Waals surface area contributed by atoms with Crippen LogP contribution in [0.5, 0.6) is 0 Å². The molecule has 4 heterocycles. The van der Waals surface area contributed by atoms with Gasteiger partial charge >= 0.3 is 6.03 Å². The predicted octanol–water partition coefficient (Wildman–Crippen LogP) is 0.689. The van der Waals surface area contributed by atoms with E-state index < -0.39 is 12.2 Å². The second-order valence-electron chi connectivity index (χ2n) is 8.23. The Hall–Kier alpha value is -2.09. The summed E-state index contributed by atoms with van der Waals surface area (Å²) in [6.07, 6.45) is 2.83. The topological polar surface area (TPSA) is 71.5 Å². The van der Waals surface area contributed by atoms with Gasteiger partial charge in [-0.15, -0.1) is 0 Å². The molecule has 0 aromatic heterocycles. The lowest BCUT2D eigenvalue weighted by Gasteiger charge is -2.36. The molecule has 4 aliphatic rings. The summed E-state index contributed by atoms with van der Waals surface area (Å²) in [6.45, 7) is 10.8. The van der Waals surface area contributed by atoms with Gasteiger partial charge in [0.05, 0.1) is 0 Å². The normalized spacial score (nSPS) is 34.5. The lowest BCUT2D eigenvalue weighted by molar-refractivity contribution is -0.126. The number of allylic oxidation sites excluding steroid dienone is 1. The third-order valence-corrected chi connectivity index (χ3v) is 5.85. The highest BCUT2D eigenvalue weighted by Crippen LogP contribution is 2.31. The minimum atomic E-state index is -0.470. The van der Waals surface area contributed by atoms with Crippen molar-refractivity contribution in [3.05, 3.63) is 11.9 Å². The number of likely N-dealkylation sites (tertiary alicyclic amines) is 1. The number of amides is 3. The van der Waals surface area contributed by atoms with Crippen molar-refractivity contribution in [1.82, 2.24) is 24.9 Å². The first kappa shape index (κ1) is 17.3. The molecule has 8 nitrogen and oxygen atoms in total. The molecule has 8 heteroatoms. The maximum absolute atomic E-state index is 12.3. The summed E-state index contributed by atoms with van der Waals surface area (Å²) in [4.78, 5) is 37.1. The highest BCUT2D eigenvalue weighted by molar-refractivity contribution is 6.04. The number of carbonyl (C=O) groups excluding carboxylic acids is 2. The molecule has 142 valence electrons. The van der Waals surface area contributed by atoms with Crippen molar-refractivity contribution >= 4 is 17.9 Å². The zero-order valence-electron chi connectivity index (χ0n) is 16.0. The maximum Gasteiger partial charge on any atom is 0.325 e.